The second-order valence-electron chi connectivity index (χ2n) is 7.48. The van der Waals surface area contributed by atoms with Crippen LogP contribution < -0.4 is 5.11 Å². The fourth-order valence-corrected chi connectivity index (χ4v) is 4.38. The van der Waals surface area contributed by atoms with Crippen molar-refractivity contribution in [3.05, 3.63) is 48.6 Å². The Kier molecular flexibility index (Phi) is 9.33. The average molecular weight is 521 g/mol. The summed E-state index contributed by atoms with van der Waals surface area (Å²) in [4.78, 5) is 26.1. The Morgan fingerprint density at radius 1 is 1.12 bits per heavy atom. The number of hydrogen-bond donors (Lipinski definition) is 0. The van der Waals surface area contributed by atoms with Gasteiger partial charge in [0.25, 0.3) is 20.2 Å². The zero-order chi connectivity index (χ0) is 25.7. The van der Waals surface area contributed by atoms with E-state index in [1.807, 2.05) is 0 Å². The van der Waals surface area contributed by atoms with Crippen molar-refractivity contribution >= 4 is 32.1 Å². The van der Waals surface area contributed by atoms with Gasteiger partial charge in [-0.25, -0.2) is 4.79 Å². The van der Waals surface area contributed by atoms with Crippen LogP contribution in [0.2, 0.25) is 0 Å². The van der Waals surface area contributed by atoms with E-state index >= 15 is 0 Å². The standard InChI is InChI=1S/C20H26NO11S2/c1-5-11-21(13(2)22)16-18(31-19(23)14-9-7-6-8-10-14)17(32-34(4,27)28)15(30-20(16)24)12-29-33(3,25)26/h5-10,15-18,20H,1,11-12H2,2-4H3/q-1/t15-,16-,17-,18-,20+/m1/s1. The summed E-state index contributed by atoms with van der Waals surface area (Å²) < 4.78 is 67.6. The fraction of sp³-hybridized carbons (Fsp3) is 0.500. The van der Waals surface area contributed by atoms with Crippen molar-refractivity contribution in [1.29, 1.82) is 0 Å². The molecule has 0 bridgehead atoms. The summed E-state index contributed by atoms with van der Waals surface area (Å²) in [7, 11) is -8.26. The molecule has 1 fully saturated rings. The van der Waals surface area contributed by atoms with Gasteiger partial charge in [-0.1, -0.05) is 24.3 Å². The first-order chi connectivity index (χ1) is 15.7. The monoisotopic (exact) mass is 520 g/mol. The van der Waals surface area contributed by atoms with Crippen LogP contribution in [0.1, 0.15) is 17.3 Å². The van der Waals surface area contributed by atoms with Gasteiger partial charge >= 0.3 is 5.97 Å². The van der Waals surface area contributed by atoms with E-state index in [1.165, 1.54) is 18.2 Å². The fourth-order valence-electron chi connectivity index (χ4n) is 3.36. The molecular weight excluding hydrogens is 494 g/mol. The van der Waals surface area contributed by atoms with E-state index in [2.05, 4.69) is 10.8 Å². The highest BCUT2D eigenvalue weighted by atomic mass is 32.2. The normalized spacial score (nSPS) is 25.4. The van der Waals surface area contributed by atoms with Crippen LogP contribution in [0.15, 0.2) is 43.0 Å². The highest BCUT2D eigenvalue weighted by Gasteiger charge is 2.50. The molecule has 2 rings (SSSR count). The quantitative estimate of drug-likeness (QED) is 0.211. The molecule has 1 amide bonds. The number of rotatable bonds is 10. The molecule has 0 N–H and O–H groups in total. The van der Waals surface area contributed by atoms with Gasteiger partial charge in [0, 0.05) is 19.8 Å². The maximum Gasteiger partial charge on any atom is 0.338 e. The molecule has 190 valence electrons. The zero-order valence-electron chi connectivity index (χ0n) is 18.7. The Morgan fingerprint density at radius 3 is 2.24 bits per heavy atom. The van der Waals surface area contributed by atoms with Gasteiger partial charge in [0.1, 0.15) is 12.2 Å². The number of esters is 1. The largest absolute Gasteiger partial charge is 0.829 e. The molecule has 14 heteroatoms. The van der Waals surface area contributed by atoms with Gasteiger partial charge in [0.05, 0.1) is 30.7 Å². The molecule has 34 heavy (non-hydrogen) atoms. The molecule has 12 nitrogen and oxygen atoms in total. The van der Waals surface area contributed by atoms with Crippen LogP contribution in [0.5, 0.6) is 0 Å². The molecule has 0 aliphatic carbocycles. The lowest BCUT2D eigenvalue weighted by Gasteiger charge is -2.51. The minimum Gasteiger partial charge on any atom is -0.829 e. The van der Waals surface area contributed by atoms with Gasteiger partial charge in [-0.2, -0.15) is 16.8 Å². The minimum atomic E-state index is -4.24. The van der Waals surface area contributed by atoms with Crippen LogP contribution >= 0.6 is 0 Å². The first-order valence-corrected chi connectivity index (χ1v) is 13.5. The van der Waals surface area contributed by atoms with Gasteiger partial charge in [-0.05, 0) is 12.1 Å². The molecule has 0 radical (unpaired) electrons. The topological polar surface area (TPSA) is 166 Å². The Hall–Kier alpha value is -2.36. The summed E-state index contributed by atoms with van der Waals surface area (Å²) >= 11 is 0. The molecule has 1 aromatic rings. The molecule has 0 saturated carbocycles. The van der Waals surface area contributed by atoms with E-state index in [1.54, 1.807) is 18.2 Å². The summed E-state index contributed by atoms with van der Waals surface area (Å²) in [6.07, 6.45) is -4.27. The minimum absolute atomic E-state index is 0.0790. The molecule has 0 spiro atoms. The number of amides is 1. The van der Waals surface area contributed by atoms with Gasteiger partial charge in [-0.15, -0.1) is 6.58 Å². The molecule has 1 aromatic carbocycles. The predicted molar refractivity (Wildman–Crippen MR) is 116 cm³/mol. The summed E-state index contributed by atoms with van der Waals surface area (Å²) in [5.74, 6) is -1.55. The van der Waals surface area contributed by atoms with E-state index < -0.39 is 69.4 Å². The molecule has 1 aliphatic rings. The Balaban J connectivity index is 2.56. The SMILES string of the molecule is C=CCN(C(C)=O)[C@@H]1[C@@H](OC(=O)c2ccccc2)[C@H](OS(C)(=O)=O)[C@@H](COS(C)(=O)=O)O[C@@H]1[O-]. The highest BCUT2D eigenvalue weighted by Crippen LogP contribution is 2.30. The molecule has 1 aliphatic heterocycles. The summed E-state index contributed by atoms with van der Waals surface area (Å²) in [6, 6.07) is 6.08. The van der Waals surface area contributed by atoms with E-state index in [0.29, 0.717) is 6.26 Å². The third kappa shape index (κ3) is 7.85. The molecule has 0 aromatic heterocycles. The van der Waals surface area contributed by atoms with E-state index in [0.717, 1.165) is 18.1 Å². The highest BCUT2D eigenvalue weighted by molar-refractivity contribution is 7.86. The first kappa shape index (κ1) is 27.9. The lowest BCUT2D eigenvalue weighted by atomic mass is 9.95. The second kappa shape index (κ2) is 11.4. The number of hydrogen-bond acceptors (Lipinski definition) is 11. The number of carbonyl (C=O) groups is 2. The summed E-state index contributed by atoms with van der Waals surface area (Å²) in [6.45, 7) is 3.72. The third-order valence-corrected chi connectivity index (χ3v) is 5.83. The van der Waals surface area contributed by atoms with Crippen LogP contribution in [0, 0.1) is 0 Å². The van der Waals surface area contributed by atoms with E-state index in [9.17, 15) is 31.5 Å². The maximum atomic E-state index is 13.0. The van der Waals surface area contributed by atoms with Gasteiger partial charge in [0.15, 0.2) is 6.10 Å². The van der Waals surface area contributed by atoms with Crippen LogP contribution in [0.3, 0.4) is 0 Å². The van der Waals surface area contributed by atoms with E-state index in [4.69, 9.17) is 13.7 Å². The second-order valence-corrected chi connectivity index (χ2v) is 10.7. The van der Waals surface area contributed by atoms with Crippen molar-refractivity contribution in [2.45, 2.75) is 37.6 Å². The molecule has 5 atom stereocenters. The average Bonchev–Trinajstić information content (AvgIpc) is 2.72. The van der Waals surface area contributed by atoms with Crippen LogP contribution in [0.4, 0.5) is 0 Å². The van der Waals surface area contributed by atoms with Crippen LogP contribution in [-0.4, -0.2) is 89.9 Å². The summed E-state index contributed by atoms with van der Waals surface area (Å²) in [5.41, 5.74) is 0.0790. The van der Waals surface area contributed by atoms with Gasteiger partial charge in [0.2, 0.25) is 5.91 Å². The number of nitrogens with zero attached hydrogens (tertiary/aromatic N) is 1. The Labute approximate surface area is 198 Å². The van der Waals surface area contributed by atoms with E-state index in [-0.39, 0.29) is 12.1 Å². The molecule has 0 unspecified atom stereocenters. The molecule has 1 heterocycles. The predicted octanol–water partition coefficient (Wildman–Crippen LogP) is -0.979. The van der Waals surface area contributed by atoms with Crippen molar-refractivity contribution in [3.8, 4) is 0 Å². The van der Waals surface area contributed by atoms with Crippen molar-refractivity contribution in [2.75, 3.05) is 25.7 Å². The van der Waals surface area contributed by atoms with Crippen molar-refractivity contribution in [2.24, 2.45) is 0 Å². The number of carbonyl (C=O) groups excluding carboxylic acids is 2. The summed E-state index contributed by atoms with van der Waals surface area (Å²) in [5, 5.41) is 13.0. The molecular formula is C20H26NO11S2-. The van der Waals surface area contributed by atoms with Crippen LogP contribution in [-0.2, 0) is 42.9 Å². The first-order valence-electron chi connectivity index (χ1n) is 9.91. The smallest absolute Gasteiger partial charge is 0.338 e. The number of ether oxygens (including phenoxy) is 2. The lowest BCUT2D eigenvalue weighted by Crippen LogP contribution is -2.69. The van der Waals surface area contributed by atoms with Gasteiger partial charge in [-0.3, -0.25) is 13.2 Å². The Bertz CT molecular complexity index is 1090. The zero-order valence-corrected chi connectivity index (χ0v) is 20.4. The van der Waals surface area contributed by atoms with Gasteiger partial charge < -0.3 is 19.5 Å². The van der Waals surface area contributed by atoms with Crippen molar-refractivity contribution in [3.63, 3.8) is 0 Å². The third-order valence-electron chi connectivity index (χ3n) is 4.69. The number of benzene rings is 1. The maximum absolute atomic E-state index is 13.0. The van der Waals surface area contributed by atoms with Crippen molar-refractivity contribution in [1.82, 2.24) is 4.90 Å². The molecule has 1 saturated heterocycles. The van der Waals surface area contributed by atoms with Crippen LogP contribution in [0.25, 0.3) is 0 Å². The Morgan fingerprint density at radius 2 is 1.74 bits per heavy atom. The van der Waals surface area contributed by atoms with Crippen molar-refractivity contribution < 1.29 is 49.4 Å². The lowest BCUT2D eigenvalue weighted by molar-refractivity contribution is -0.523.